The maximum Gasteiger partial charge on any atom is 0.350 e. The molecule has 0 aliphatic carbocycles. The number of nitrogens with one attached hydrogen (secondary N) is 1. The Hall–Kier alpha value is -3.87. The molecule has 0 unspecified atom stereocenters. The largest absolute Gasteiger partial charge is 0.472 e. The highest BCUT2D eigenvalue weighted by molar-refractivity contribution is 5.91. The molecule has 0 atom stereocenters. The lowest BCUT2D eigenvalue weighted by molar-refractivity contribution is 0.246. The maximum absolute atomic E-state index is 11.7. The molecule has 2 aromatic carbocycles. The van der Waals surface area contributed by atoms with Crippen molar-refractivity contribution in [1.82, 2.24) is 15.2 Å². The lowest BCUT2D eigenvalue weighted by Gasteiger charge is -2.20. The fourth-order valence-electron chi connectivity index (χ4n) is 2.61. The summed E-state index contributed by atoms with van der Waals surface area (Å²) in [5.74, 6) is 11.3. The normalized spacial score (nSPS) is 10.2. The minimum atomic E-state index is -0.722. The Bertz CT molecular complexity index is 1020. The molecule has 0 aliphatic heterocycles. The van der Waals surface area contributed by atoms with E-state index in [1.54, 1.807) is 35.1 Å². The van der Waals surface area contributed by atoms with Crippen LogP contribution in [0.25, 0.3) is 5.69 Å². The second kappa shape index (κ2) is 8.22. The molecule has 28 heavy (non-hydrogen) atoms. The predicted octanol–water partition coefficient (Wildman–Crippen LogP) is 1.89. The van der Waals surface area contributed by atoms with Crippen LogP contribution in [0.5, 0.6) is 5.88 Å². The number of urea groups is 1. The quantitative estimate of drug-likeness (QED) is 0.353. The molecule has 0 radical (unpaired) electrons. The Morgan fingerprint density at radius 3 is 2.71 bits per heavy atom. The number of aromatic nitrogens is 2. The summed E-state index contributed by atoms with van der Waals surface area (Å²) in [6, 6.07) is 15.8. The van der Waals surface area contributed by atoms with Gasteiger partial charge < -0.3 is 4.74 Å². The Labute approximate surface area is 161 Å². The smallest absolute Gasteiger partial charge is 0.350 e. The summed E-state index contributed by atoms with van der Waals surface area (Å²) >= 11 is 0. The van der Waals surface area contributed by atoms with Gasteiger partial charge in [0.1, 0.15) is 6.61 Å². The van der Waals surface area contributed by atoms with Gasteiger partial charge in [0.2, 0.25) is 5.88 Å². The van der Waals surface area contributed by atoms with E-state index in [2.05, 4.69) is 11.2 Å². The van der Waals surface area contributed by atoms with Crippen LogP contribution in [0.15, 0.2) is 54.7 Å². The number of amides is 2. The number of benzene rings is 2. The second-order valence-electron chi connectivity index (χ2n) is 5.96. The number of hydrazine groups is 2. The van der Waals surface area contributed by atoms with Crippen LogP contribution in [0.1, 0.15) is 16.7 Å². The van der Waals surface area contributed by atoms with Gasteiger partial charge in [-0.25, -0.2) is 26.2 Å². The summed E-state index contributed by atoms with van der Waals surface area (Å²) in [7, 11) is 0. The van der Waals surface area contributed by atoms with Crippen molar-refractivity contribution in [3.63, 3.8) is 0 Å². The van der Waals surface area contributed by atoms with Crippen molar-refractivity contribution in [2.75, 3.05) is 5.01 Å². The number of nitriles is 1. The van der Waals surface area contributed by atoms with Gasteiger partial charge in [-0.05, 0) is 31.2 Å². The van der Waals surface area contributed by atoms with Gasteiger partial charge in [-0.2, -0.15) is 5.26 Å². The van der Waals surface area contributed by atoms with Gasteiger partial charge in [0.25, 0.3) is 0 Å². The number of carbonyl (C=O) groups excluding carboxylic acids is 1. The van der Waals surface area contributed by atoms with Crippen molar-refractivity contribution in [2.24, 2.45) is 11.7 Å². The zero-order valence-electron chi connectivity index (χ0n) is 15.2. The number of rotatable bonds is 5. The molecule has 0 spiro atoms. The average Bonchev–Trinajstić information content (AvgIpc) is 3.20. The monoisotopic (exact) mass is 377 g/mol. The van der Waals surface area contributed by atoms with E-state index >= 15 is 0 Å². The molecule has 0 fully saturated rings. The molecule has 142 valence electrons. The van der Waals surface area contributed by atoms with E-state index in [1.165, 1.54) is 0 Å². The number of nitrogens with zero attached hydrogens (tertiary/aromatic N) is 4. The molecular formula is C19H19N7O2. The molecule has 9 heteroatoms. The zero-order valence-corrected chi connectivity index (χ0v) is 15.2. The highest BCUT2D eigenvalue weighted by Gasteiger charge is 2.18. The van der Waals surface area contributed by atoms with E-state index < -0.39 is 6.03 Å². The molecule has 3 aromatic rings. The molecular weight excluding hydrogens is 358 g/mol. The van der Waals surface area contributed by atoms with Crippen LogP contribution in [0, 0.1) is 18.3 Å². The van der Waals surface area contributed by atoms with Crippen LogP contribution in [0.2, 0.25) is 0 Å². The number of hydrogen-bond donors (Lipinski definition) is 3. The molecule has 0 saturated carbocycles. The standard InChI is InChI=1S/C19H19N7O2/c1-13-5-7-15(8-6-13)25-10-9-18(24-25)28-12-16-14(11-20)3-2-4-17(16)26(22)19(27)23-21/h2-10H,12,21-22H2,1H3,(H,23,27). The topological polar surface area (TPSA) is 135 Å². The maximum atomic E-state index is 11.7. The van der Waals surface area contributed by atoms with E-state index in [-0.39, 0.29) is 6.61 Å². The van der Waals surface area contributed by atoms with Crippen LogP contribution in [-0.2, 0) is 6.61 Å². The van der Waals surface area contributed by atoms with Crippen LogP contribution in [-0.4, -0.2) is 15.8 Å². The number of hydrogen-bond acceptors (Lipinski definition) is 6. The van der Waals surface area contributed by atoms with Crippen molar-refractivity contribution in [3.8, 4) is 17.6 Å². The van der Waals surface area contributed by atoms with E-state index in [9.17, 15) is 10.1 Å². The first-order valence-electron chi connectivity index (χ1n) is 8.36. The van der Waals surface area contributed by atoms with Crippen molar-refractivity contribution in [3.05, 3.63) is 71.4 Å². The average molecular weight is 377 g/mol. The van der Waals surface area contributed by atoms with Gasteiger partial charge in [-0.1, -0.05) is 23.8 Å². The number of ether oxygens (including phenoxy) is 1. The van der Waals surface area contributed by atoms with Crippen molar-refractivity contribution in [2.45, 2.75) is 13.5 Å². The molecule has 1 heterocycles. The molecule has 0 aliphatic rings. The van der Waals surface area contributed by atoms with Gasteiger partial charge in [0.15, 0.2) is 0 Å². The molecule has 3 rings (SSSR count). The van der Waals surface area contributed by atoms with Gasteiger partial charge >= 0.3 is 6.03 Å². The Balaban J connectivity index is 1.82. The predicted molar refractivity (Wildman–Crippen MR) is 103 cm³/mol. The van der Waals surface area contributed by atoms with E-state index in [1.807, 2.05) is 36.6 Å². The minimum Gasteiger partial charge on any atom is -0.472 e. The molecule has 0 bridgehead atoms. The summed E-state index contributed by atoms with van der Waals surface area (Å²) < 4.78 is 7.42. The first-order valence-corrected chi connectivity index (χ1v) is 8.36. The Morgan fingerprint density at radius 2 is 2.04 bits per heavy atom. The van der Waals surface area contributed by atoms with Crippen LogP contribution < -0.4 is 26.9 Å². The number of aryl methyl sites for hydroxylation is 1. The van der Waals surface area contributed by atoms with Crippen molar-refractivity contribution >= 4 is 11.7 Å². The summed E-state index contributed by atoms with van der Waals surface area (Å²) in [6.07, 6.45) is 1.77. The van der Waals surface area contributed by atoms with Crippen LogP contribution in [0.3, 0.4) is 0 Å². The minimum absolute atomic E-state index is 0.00444. The first-order chi connectivity index (χ1) is 13.5. The highest BCUT2D eigenvalue weighted by atomic mass is 16.5. The van der Waals surface area contributed by atoms with Gasteiger partial charge in [0.05, 0.1) is 23.0 Å². The van der Waals surface area contributed by atoms with E-state index in [4.69, 9.17) is 16.4 Å². The fraction of sp³-hybridized carbons (Fsp3) is 0.105. The third kappa shape index (κ3) is 3.93. The van der Waals surface area contributed by atoms with Gasteiger partial charge in [-0.3, -0.25) is 5.43 Å². The molecule has 1 aromatic heterocycles. The summed E-state index contributed by atoms with van der Waals surface area (Å²) in [6.45, 7) is 2.01. The number of carbonyl (C=O) groups is 1. The number of anilines is 1. The SMILES string of the molecule is Cc1ccc(-n2ccc(OCc3c(C#N)cccc3N(N)C(=O)NN)n2)cc1. The first kappa shape index (κ1) is 18.9. The summed E-state index contributed by atoms with van der Waals surface area (Å²) in [5, 5.41) is 14.6. The molecule has 2 amide bonds. The molecule has 0 saturated heterocycles. The van der Waals surface area contributed by atoms with Crippen LogP contribution in [0.4, 0.5) is 10.5 Å². The Morgan fingerprint density at radius 1 is 1.29 bits per heavy atom. The lowest BCUT2D eigenvalue weighted by Crippen LogP contribution is -2.48. The summed E-state index contributed by atoms with van der Waals surface area (Å²) in [4.78, 5) is 11.7. The molecule has 5 N–H and O–H groups in total. The lowest BCUT2D eigenvalue weighted by atomic mass is 10.1. The fourth-order valence-corrected chi connectivity index (χ4v) is 2.61. The summed E-state index contributed by atoms with van der Waals surface area (Å²) in [5.41, 5.74) is 5.08. The third-order valence-electron chi connectivity index (χ3n) is 4.10. The molecule has 9 nitrogen and oxygen atoms in total. The van der Waals surface area contributed by atoms with Crippen molar-refractivity contribution < 1.29 is 9.53 Å². The van der Waals surface area contributed by atoms with E-state index in [0.29, 0.717) is 22.7 Å². The zero-order chi connectivity index (χ0) is 20.1. The van der Waals surface area contributed by atoms with E-state index in [0.717, 1.165) is 16.3 Å². The third-order valence-corrected chi connectivity index (χ3v) is 4.10. The van der Waals surface area contributed by atoms with Gasteiger partial charge in [0, 0.05) is 17.8 Å². The Kier molecular flexibility index (Phi) is 5.55. The second-order valence-corrected chi connectivity index (χ2v) is 5.96. The number of nitrogens with two attached hydrogens (primary N) is 2. The highest BCUT2D eigenvalue weighted by Crippen LogP contribution is 2.24. The van der Waals surface area contributed by atoms with Crippen LogP contribution >= 0.6 is 0 Å². The van der Waals surface area contributed by atoms with Crippen molar-refractivity contribution in [1.29, 1.82) is 5.26 Å². The van der Waals surface area contributed by atoms with Gasteiger partial charge in [-0.15, -0.1) is 5.10 Å².